The van der Waals surface area contributed by atoms with Gasteiger partial charge < -0.3 is 8.83 Å². The van der Waals surface area contributed by atoms with Crippen LogP contribution < -0.4 is 0 Å². The van der Waals surface area contributed by atoms with Crippen LogP contribution in [0.3, 0.4) is 0 Å². The molecule has 44 heavy (non-hydrogen) atoms. The van der Waals surface area contributed by atoms with E-state index in [1.807, 2.05) is 12.1 Å². The van der Waals surface area contributed by atoms with Crippen LogP contribution in [0.25, 0.3) is 98.4 Å². The fourth-order valence-electron chi connectivity index (χ4n) is 7.36. The second-order valence-electron chi connectivity index (χ2n) is 11.6. The summed E-state index contributed by atoms with van der Waals surface area (Å²) in [5.41, 5.74) is 8.34. The molecule has 0 unspecified atom stereocenters. The van der Waals surface area contributed by atoms with Gasteiger partial charge in [-0.15, -0.1) is 0 Å². The van der Waals surface area contributed by atoms with Gasteiger partial charge in [0.05, 0.1) is 0 Å². The summed E-state index contributed by atoms with van der Waals surface area (Å²) in [5, 5.41) is 11.7. The topological polar surface area (TPSA) is 26.3 Å². The summed E-state index contributed by atoms with van der Waals surface area (Å²) in [5.74, 6) is 0. The monoisotopic (exact) mass is 560 g/mol. The van der Waals surface area contributed by atoms with Crippen molar-refractivity contribution in [2.75, 3.05) is 0 Å². The third-order valence-corrected chi connectivity index (χ3v) is 9.26. The molecule has 0 spiro atoms. The Hall–Kier alpha value is -5.86. The van der Waals surface area contributed by atoms with Crippen molar-refractivity contribution in [3.8, 4) is 22.3 Å². The van der Waals surface area contributed by atoms with Crippen LogP contribution in [0.4, 0.5) is 0 Å². The zero-order valence-electron chi connectivity index (χ0n) is 23.7. The lowest BCUT2D eigenvalue weighted by Crippen LogP contribution is -1.91. The second kappa shape index (κ2) is 8.82. The van der Waals surface area contributed by atoms with Gasteiger partial charge in [-0.25, -0.2) is 0 Å². The fraction of sp³-hybridized carbons (Fsp3) is 0. The fourth-order valence-corrected chi connectivity index (χ4v) is 7.36. The summed E-state index contributed by atoms with van der Waals surface area (Å²) in [6.45, 7) is 0. The summed E-state index contributed by atoms with van der Waals surface area (Å²) in [6.07, 6.45) is 0. The lowest BCUT2D eigenvalue weighted by Gasteiger charge is -2.18. The SMILES string of the molecule is c1ccc2c(-c3c4ccccc4c(-c4cccc5c4oc4cc6c(cc45)oc4ccccc46)c4ccccc34)cccc2c1. The van der Waals surface area contributed by atoms with Gasteiger partial charge in [-0.05, 0) is 61.6 Å². The highest BCUT2D eigenvalue weighted by Crippen LogP contribution is 2.48. The Kier molecular flexibility index (Phi) is 4.75. The maximum Gasteiger partial charge on any atom is 0.143 e. The first-order chi connectivity index (χ1) is 21.8. The summed E-state index contributed by atoms with van der Waals surface area (Å²) >= 11 is 0. The van der Waals surface area contributed by atoms with E-state index in [4.69, 9.17) is 8.83 Å². The lowest BCUT2D eigenvalue weighted by atomic mass is 9.84. The van der Waals surface area contributed by atoms with Crippen LogP contribution in [0.15, 0.2) is 154 Å². The van der Waals surface area contributed by atoms with E-state index in [-0.39, 0.29) is 0 Å². The van der Waals surface area contributed by atoms with Gasteiger partial charge in [0.15, 0.2) is 0 Å². The van der Waals surface area contributed by atoms with Crippen molar-refractivity contribution in [1.82, 2.24) is 0 Å². The smallest absolute Gasteiger partial charge is 0.143 e. The highest BCUT2D eigenvalue weighted by molar-refractivity contribution is 6.26. The predicted octanol–water partition coefficient (Wildman–Crippen LogP) is 12.3. The van der Waals surface area contributed by atoms with Crippen molar-refractivity contribution in [2.24, 2.45) is 0 Å². The van der Waals surface area contributed by atoms with Gasteiger partial charge >= 0.3 is 0 Å². The first-order valence-corrected chi connectivity index (χ1v) is 15.0. The molecule has 2 heterocycles. The van der Waals surface area contributed by atoms with Gasteiger partial charge in [0, 0.05) is 32.7 Å². The largest absolute Gasteiger partial charge is 0.456 e. The number of furan rings is 2. The standard InChI is InChI=1S/C42H24O2/c1-2-13-26-25(11-1)12-9-19-28(26)40-29-15-3-5-17-31(29)41(32-18-6-4-16-30(32)40)34-21-10-20-33-36-24-38-35(23-39(36)44-42(33)34)27-14-7-8-22-37(27)43-38/h1-24H. The molecule has 0 aliphatic heterocycles. The van der Waals surface area contributed by atoms with Crippen LogP contribution >= 0.6 is 0 Å². The third-order valence-electron chi connectivity index (χ3n) is 9.26. The normalized spacial score (nSPS) is 12.1. The van der Waals surface area contributed by atoms with Gasteiger partial charge in [-0.1, -0.05) is 127 Å². The maximum atomic E-state index is 6.79. The van der Waals surface area contributed by atoms with Crippen LogP contribution in [0.2, 0.25) is 0 Å². The number of rotatable bonds is 2. The van der Waals surface area contributed by atoms with Crippen molar-refractivity contribution in [3.05, 3.63) is 146 Å². The Morgan fingerprint density at radius 1 is 0.295 bits per heavy atom. The number of fused-ring (bicyclic) bond motifs is 9. The van der Waals surface area contributed by atoms with Crippen LogP contribution in [0, 0.1) is 0 Å². The second-order valence-corrected chi connectivity index (χ2v) is 11.6. The molecule has 0 saturated heterocycles. The summed E-state index contributed by atoms with van der Waals surface area (Å²) in [4.78, 5) is 0. The molecule has 2 nitrogen and oxygen atoms in total. The van der Waals surface area contributed by atoms with E-state index >= 15 is 0 Å². The van der Waals surface area contributed by atoms with E-state index in [2.05, 4.69) is 133 Å². The van der Waals surface area contributed by atoms with Crippen molar-refractivity contribution >= 4 is 76.2 Å². The van der Waals surface area contributed by atoms with Crippen LogP contribution in [0.1, 0.15) is 0 Å². The molecule has 2 aromatic heterocycles. The molecule has 0 atom stereocenters. The van der Waals surface area contributed by atoms with Gasteiger partial charge in [0.25, 0.3) is 0 Å². The molecular weight excluding hydrogens is 536 g/mol. The van der Waals surface area contributed by atoms with Crippen LogP contribution in [0.5, 0.6) is 0 Å². The number of para-hydroxylation sites is 2. The number of benzene rings is 8. The highest BCUT2D eigenvalue weighted by Gasteiger charge is 2.21. The van der Waals surface area contributed by atoms with Gasteiger partial charge in [-0.3, -0.25) is 0 Å². The Morgan fingerprint density at radius 3 is 1.50 bits per heavy atom. The molecule has 0 N–H and O–H groups in total. The zero-order chi connectivity index (χ0) is 28.8. The average molecular weight is 561 g/mol. The molecule has 204 valence electrons. The molecule has 10 rings (SSSR count). The number of hydrogen-bond donors (Lipinski definition) is 0. The van der Waals surface area contributed by atoms with E-state index in [1.54, 1.807) is 0 Å². The Labute approximate surface area is 252 Å². The van der Waals surface area contributed by atoms with Crippen LogP contribution in [-0.2, 0) is 0 Å². The van der Waals surface area contributed by atoms with Gasteiger partial charge in [0.2, 0.25) is 0 Å². The summed E-state index contributed by atoms with van der Waals surface area (Å²) in [6, 6.07) is 51.9. The first kappa shape index (κ1) is 23.7. The molecule has 0 aliphatic carbocycles. The van der Waals surface area contributed by atoms with E-state index in [9.17, 15) is 0 Å². The van der Waals surface area contributed by atoms with E-state index in [1.165, 1.54) is 49.0 Å². The molecule has 0 saturated carbocycles. The molecule has 0 radical (unpaired) electrons. The first-order valence-electron chi connectivity index (χ1n) is 15.0. The Morgan fingerprint density at radius 2 is 0.773 bits per heavy atom. The quantitative estimate of drug-likeness (QED) is 0.197. The van der Waals surface area contributed by atoms with Crippen molar-refractivity contribution in [1.29, 1.82) is 0 Å². The van der Waals surface area contributed by atoms with Crippen LogP contribution in [-0.4, -0.2) is 0 Å². The Bertz CT molecular complexity index is 2710. The minimum absolute atomic E-state index is 0.868. The summed E-state index contributed by atoms with van der Waals surface area (Å²) in [7, 11) is 0. The predicted molar refractivity (Wildman–Crippen MR) is 184 cm³/mol. The van der Waals surface area contributed by atoms with Gasteiger partial charge in [-0.2, -0.15) is 0 Å². The zero-order valence-corrected chi connectivity index (χ0v) is 23.7. The molecule has 0 bridgehead atoms. The molecule has 0 amide bonds. The molecule has 2 heteroatoms. The molecular formula is C42H24O2. The highest BCUT2D eigenvalue weighted by atomic mass is 16.3. The summed E-state index contributed by atoms with van der Waals surface area (Å²) < 4.78 is 13.0. The van der Waals surface area contributed by atoms with E-state index in [0.29, 0.717) is 0 Å². The lowest BCUT2D eigenvalue weighted by molar-refractivity contribution is 0.664. The van der Waals surface area contributed by atoms with Crippen molar-refractivity contribution < 1.29 is 8.83 Å². The van der Waals surface area contributed by atoms with E-state index < -0.39 is 0 Å². The number of hydrogen-bond acceptors (Lipinski definition) is 2. The third kappa shape index (κ3) is 3.20. The minimum Gasteiger partial charge on any atom is -0.456 e. The van der Waals surface area contributed by atoms with Gasteiger partial charge in [0.1, 0.15) is 22.3 Å². The molecule has 8 aromatic carbocycles. The minimum atomic E-state index is 0.868. The van der Waals surface area contributed by atoms with Crippen molar-refractivity contribution in [3.63, 3.8) is 0 Å². The van der Waals surface area contributed by atoms with E-state index in [0.717, 1.165) is 49.4 Å². The van der Waals surface area contributed by atoms with Crippen molar-refractivity contribution in [2.45, 2.75) is 0 Å². The molecule has 0 aliphatic rings. The molecule has 10 aromatic rings. The Balaban J connectivity index is 1.33. The molecule has 0 fully saturated rings. The maximum absolute atomic E-state index is 6.79. The average Bonchev–Trinajstić information content (AvgIpc) is 3.63.